The molecule has 43 heavy (non-hydrogen) atoms. The Bertz CT molecular complexity index is 1470. The second kappa shape index (κ2) is 12.8. The third-order valence-electron chi connectivity index (χ3n) is 10.9. The summed E-state index contributed by atoms with van der Waals surface area (Å²) in [6, 6.07) is 23.3. The smallest absolute Gasteiger partial charge is 0.145 e. The fourth-order valence-corrected chi connectivity index (χ4v) is 8.71. The minimum absolute atomic E-state index is 0.644. The lowest BCUT2D eigenvalue weighted by Crippen LogP contribution is -2.17. The molecule has 3 aromatic carbocycles. The van der Waals surface area contributed by atoms with Gasteiger partial charge in [-0.3, -0.25) is 4.57 Å². The van der Waals surface area contributed by atoms with Crippen LogP contribution in [0.4, 0.5) is 0 Å². The molecular formula is C41H50N2. The molecule has 4 aromatic rings. The highest BCUT2D eigenvalue weighted by molar-refractivity contribution is 5.70. The Kier molecular flexibility index (Phi) is 8.55. The minimum atomic E-state index is 0.644. The molecule has 3 aliphatic rings. The summed E-state index contributed by atoms with van der Waals surface area (Å²) in [6.07, 6.45) is 22.8. The van der Waals surface area contributed by atoms with E-state index in [2.05, 4.69) is 85.3 Å². The first kappa shape index (κ1) is 28.6. The number of hydrogen-bond acceptors (Lipinski definition) is 1. The fraction of sp³-hybridized carbons (Fsp3) is 0.488. The molecular weight excluding hydrogens is 520 g/mol. The van der Waals surface area contributed by atoms with Crippen LogP contribution >= 0.6 is 0 Å². The van der Waals surface area contributed by atoms with Gasteiger partial charge < -0.3 is 0 Å². The van der Waals surface area contributed by atoms with Crippen LogP contribution in [0.3, 0.4) is 0 Å². The summed E-state index contributed by atoms with van der Waals surface area (Å²) in [5.41, 5.74) is 12.5. The number of aryl methyl sites for hydroxylation is 2. The molecule has 0 saturated heterocycles. The molecule has 2 nitrogen and oxygen atoms in total. The second-order valence-corrected chi connectivity index (χ2v) is 14.1. The molecule has 1 aromatic heterocycles. The van der Waals surface area contributed by atoms with Gasteiger partial charge in [0, 0.05) is 17.3 Å². The fourth-order valence-electron chi connectivity index (χ4n) is 8.71. The average Bonchev–Trinajstić information content (AvgIpc) is 3.51. The van der Waals surface area contributed by atoms with Gasteiger partial charge >= 0.3 is 0 Å². The zero-order chi connectivity index (χ0) is 29.2. The summed E-state index contributed by atoms with van der Waals surface area (Å²) in [6.45, 7) is 4.41. The van der Waals surface area contributed by atoms with Crippen LogP contribution in [0.25, 0.3) is 28.3 Å². The highest BCUT2D eigenvalue weighted by atomic mass is 15.1. The van der Waals surface area contributed by atoms with E-state index < -0.39 is 0 Å². The first-order valence-corrected chi connectivity index (χ1v) is 17.6. The largest absolute Gasteiger partial charge is 0.299 e. The van der Waals surface area contributed by atoms with E-state index >= 15 is 0 Å². The number of benzene rings is 3. The summed E-state index contributed by atoms with van der Waals surface area (Å²) in [5, 5.41) is 0. The molecule has 3 fully saturated rings. The van der Waals surface area contributed by atoms with Crippen LogP contribution in [-0.2, 0) is 0 Å². The van der Waals surface area contributed by atoms with Gasteiger partial charge in [-0.1, -0.05) is 117 Å². The van der Waals surface area contributed by atoms with Crippen LogP contribution in [0.5, 0.6) is 0 Å². The van der Waals surface area contributed by atoms with Gasteiger partial charge in [0.05, 0.1) is 11.4 Å². The molecule has 2 heteroatoms. The first-order chi connectivity index (χ1) is 21.1. The number of nitrogens with zero attached hydrogens (tertiary/aromatic N) is 2. The third kappa shape index (κ3) is 6.13. The molecule has 1 heterocycles. The van der Waals surface area contributed by atoms with E-state index in [9.17, 15) is 0 Å². The van der Waals surface area contributed by atoms with Gasteiger partial charge in [-0.15, -0.1) is 0 Å². The molecule has 0 aliphatic heterocycles. The zero-order valence-corrected chi connectivity index (χ0v) is 26.6. The van der Waals surface area contributed by atoms with Crippen LogP contribution in [0, 0.1) is 13.8 Å². The summed E-state index contributed by atoms with van der Waals surface area (Å²) >= 11 is 0. The maximum Gasteiger partial charge on any atom is 0.145 e. The molecule has 224 valence electrons. The Morgan fingerprint density at radius 2 is 1.07 bits per heavy atom. The maximum absolute atomic E-state index is 5.46. The van der Waals surface area contributed by atoms with Crippen molar-refractivity contribution in [1.82, 2.24) is 9.55 Å². The molecule has 0 atom stereocenters. The van der Waals surface area contributed by atoms with E-state index in [0.717, 1.165) is 17.4 Å². The van der Waals surface area contributed by atoms with Gasteiger partial charge in [0.2, 0.25) is 0 Å². The van der Waals surface area contributed by atoms with Crippen LogP contribution < -0.4 is 0 Å². The molecule has 0 bridgehead atoms. The molecule has 0 N–H and O–H groups in total. The number of hydrogen-bond donors (Lipinski definition) is 0. The van der Waals surface area contributed by atoms with Crippen molar-refractivity contribution in [3.63, 3.8) is 0 Å². The van der Waals surface area contributed by atoms with Crippen molar-refractivity contribution in [3.05, 3.63) is 94.7 Å². The monoisotopic (exact) mass is 570 g/mol. The number of rotatable bonds is 6. The lowest BCUT2D eigenvalue weighted by Gasteiger charge is -2.33. The molecule has 0 radical (unpaired) electrons. The van der Waals surface area contributed by atoms with Crippen molar-refractivity contribution in [2.45, 2.75) is 128 Å². The van der Waals surface area contributed by atoms with Crippen LogP contribution in [-0.4, -0.2) is 9.55 Å². The van der Waals surface area contributed by atoms with Gasteiger partial charge in [-0.25, -0.2) is 4.98 Å². The summed E-state index contributed by atoms with van der Waals surface area (Å²) in [7, 11) is 0. The van der Waals surface area contributed by atoms with Gasteiger partial charge in [0.15, 0.2) is 0 Å². The van der Waals surface area contributed by atoms with Gasteiger partial charge in [-0.2, -0.15) is 0 Å². The molecule has 0 amide bonds. The van der Waals surface area contributed by atoms with Crippen molar-refractivity contribution < 1.29 is 0 Å². The Labute approximate surface area is 260 Å². The predicted octanol–water partition coefficient (Wildman–Crippen LogP) is 12.0. The number of imidazole rings is 1. The van der Waals surface area contributed by atoms with E-state index in [4.69, 9.17) is 4.98 Å². The van der Waals surface area contributed by atoms with Crippen molar-refractivity contribution in [2.24, 2.45) is 0 Å². The van der Waals surface area contributed by atoms with E-state index in [1.54, 1.807) is 16.7 Å². The molecule has 0 spiro atoms. The molecule has 3 saturated carbocycles. The van der Waals surface area contributed by atoms with Crippen molar-refractivity contribution in [3.8, 4) is 28.3 Å². The standard InChI is InChI=1S/C41H50N2/c1-29-23-30(2)25-36(24-29)39-28-43(41(42-39)34-21-13-6-14-22-34)40-37(32-17-9-4-10-18-32)26-35(31-15-7-3-8-16-31)27-38(40)33-19-11-5-12-20-33/h6,13-14,21-28,31-33H,3-5,7-12,15-20H2,1-2H3. The Morgan fingerprint density at radius 3 is 1.60 bits per heavy atom. The van der Waals surface area contributed by atoms with E-state index in [0.29, 0.717) is 11.8 Å². The van der Waals surface area contributed by atoms with Crippen molar-refractivity contribution in [1.29, 1.82) is 0 Å². The van der Waals surface area contributed by atoms with Crippen molar-refractivity contribution >= 4 is 0 Å². The normalized spacial score (nSPS) is 19.1. The summed E-state index contributed by atoms with van der Waals surface area (Å²) in [5.74, 6) is 3.11. The van der Waals surface area contributed by atoms with Crippen LogP contribution in [0.15, 0.2) is 66.9 Å². The zero-order valence-electron chi connectivity index (χ0n) is 26.6. The Hall–Kier alpha value is -3.13. The highest BCUT2D eigenvalue weighted by Crippen LogP contribution is 2.46. The SMILES string of the molecule is Cc1cc(C)cc(-c2cn(-c3c(C4CCCCC4)cc(C4CCCCC4)cc3C3CCCCC3)c(-c3ccccc3)n2)c1. The van der Waals surface area contributed by atoms with Crippen LogP contribution in [0.2, 0.25) is 0 Å². The van der Waals surface area contributed by atoms with Gasteiger partial charge in [-0.05, 0) is 98.9 Å². The predicted molar refractivity (Wildman–Crippen MR) is 181 cm³/mol. The topological polar surface area (TPSA) is 17.8 Å². The quantitative estimate of drug-likeness (QED) is 0.225. The minimum Gasteiger partial charge on any atom is -0.299 e. The average molecular weight is 571 g/mol. The maximum atomic E-state index is 5.46. The molecule has 3 aliphatic carbocycles. The van der Waals surface area contributed by atoms with E-state index in [-0.39, 0.29) is 0 Å². The molecule has 7 rings (SSSR count). The lowest BCUT2D eigenvalue weighted by atomic mass is 9.75. The van der Waals surface area contributed by atoms with Crippen LogP contribution in [0.1, 0.15) is 142 Å². The third-order valence-corrected chi connectivity index (χ3v) is 10.9. The Morgan fingerprint density at radius 1 is 0.558 bits per heavy atom. The van der Waals surface area contributed by atoms with Gasteiger partial charge in [0.25, 0.3) is 0 Å². The number of aromatic nitrogens is 2. The second-order valence-electron chi connectivity index (χ2n) is 14.1. The summed E-state index contributed by atoms with van der Waals surface area (Å²) < 4.78 is 2.56. The van der Waals surface area contributed by atoms with Crippen molar-refractivity contribution in [2.75, 3.05) is 0 Å². The summed E-state index contributed by atoms with van der Waals surface area (Å²) in [4.78, 5) is 5.46. The van der Waals surface area contributed by atoms with Gasteiger partial charge in [0.1, 0.15) is 5.82 Å². The Balaban J connectivity index is 1.48. The van der Waals surface area contributed by atoms with E-state index in [1.807, 2.05) is 0 Å². The first-order valence-electron chi connectivity index (χ1n) is 17.6. The molecule has 0 unspecified atom stereocenters. The van der Waals surface area contributed by atoms with E-state index in [1.165, 1.54) is 124 Å². The highest BCUT2D eigenvalue weighted by Gasteiger charge is 2.30. The lowest BCUT2D eigenvalue weighted by molar-refractivity contribution is 0.426.